The van der Waals surface area contributed by atoms with E-state index in [0.29, 0.717) is 4.70 Å². The van der Waals surface area contributed by atoms with Gasteiger partial charge < -0.3 is 4.98 Å². The van der Waals surface area contributed by atoms with E-state index in [1.165, 1.54) is 16.3 Å². The van der Waals surface area contributed by atoms with Crippen LogP contribution in [0.1, 0.15) is 5.56 Å². The molecular weight excluding hydrogens is 432 g/mol. The van der Waals surface area contributed by atoms with Gasteiger partial charge in [0.05, 0.1) is 16.7 Å². The first kappa shape index (κ1) is 18.7. The number of rotatable bonds is 4. The molecule has 4 rings (SSSR count). The monoisotopic (exact) mass is 439 g/mol. The van der Waals surface area contributed by atoms with Gasteiger partial charge in [-0.25, -0.2) is 28.3 Å². The molecule has 28 heavy (non-hydrogen) atoms. The average molecular weight is 440 g/mol. The maximum Gasteiger partial charge on any atom is 0.279 e. The number of hydrogen-bond acceptors (Lipinski definition) is 7. The Labute approximate surface area is 168 Å². The summed E-state index contributed by atoms with van der Waals surface area (Å²) in [4.78, 5) is 39.0. The molecule has 0 spiro atoms. The van der Waals surface area contributed by atoms with E-state index in [9.17, 15) is 18.4 Å². The highest BCUT2D eigenvalue weighted by Gasteiger charge is 2.18. The summed E-state index contributed by atoms with van der Waals surface area (Å²) < 4.78 is 28.8. The molecule has 0 amide bonds. The zero-order chi connectivity index (χ0) is 19.8. The van der Waals surface area contributed by atoms with Crippen molar-refractivity contribution in [3.05, 3.63) is 73.0 Å². The second kappa shape index (κ2) is 7.41. The van der Waals surface area contributed by atoms with Crippen LogP contribution in [0.3, 0.4) is 0 Å². The molecule has 0 radical (unpaired) electrons. The molecule has 0 bridgehead atoms. The van der Waals surface area contributed by atoms with E-state index in [2.05, 4.69) is 19.9 Å². The first-order valence-electron chi connectivity index (χ1n) is 7.61. The third-order valence-corrected chi connectivity index (χ3v) is 5.78. The van der Waals surface area contributed by atoms with Crippen molar-refractivity contribution in [3.63, 3.8) is 0 Å². The molecule has 0 fully saturated rings. The van der Waals surface area contributed by atoms with Crippen LogP contribution >= 0.6 is 34.7 Å². The predicted octanol–water partition coefficient (Wildman–Crippen LogP) is 3.15. The van der Waals surface area contributed by atoms with Gasteiger partial charge in [-0.2, -0.15) is 0 Å². The van der Waals surface area contributed by atoms with Crippen molar-refractivity contribution in [2.24, 2.45) is 0 Å². The lowest BCUT2D eigenvalue weighted by molar-refractivity contribution is 0.577. The smallest absolute Gasteiger partial charge is 0.279 e. The Hall–Kier alpha value is -2.63. The molecule has 3 aromatic heterocycles. The lowest BCUT2D eigenvalue weighted by Crippen LogP contribution is -2.23. The topological polar surface area (TPSA) is 93.5 Å². The Balaban J connectivity index is 1.82. The molecular formula is C16H8ClF2N5O2S2. The number of benzene rings is 1. The molecule has 0 aliphatic heterocycles. The van der Waals surface area contributed by atoms with Crippen molar-refractivity contribution in [1.82, 2.24) is 24.5 Å². The van der Waals surface area contributed by atoms with Crippen LogP contribution in [-0.2, 0) is 5.75 Å². The Morgan fingerprint density at radius 3 is 2.79 bits per heavy atom. The SMILES string of the molecule is O=c1cnc(-n2c(SCc3c(F)cc(F)cc3Cl)nc3ncsc3c2=O)c[nH]1. The summed E-state index contributed by atoms with van der Waals surface area (Å²) in [6.07, 6.45) is 2.30. The fourth-order valence-corrected chi connectivity index (χ4v) is 4.42. The number of aromatic amines is 1. The average Bonchev–Trinajstić information content (AvgIpc) is 3.11. The van der Waals surface area contributed by atoms with Gasteiger partial charge >= 0.3 is 0 Å². The minimum atomic E-state index is -0.803. The molecule has 0 atom stereocenters. The van der Waals surface area contributed by atoms with E-state index < -0.39 is 22.8 Å². The summed E-state index contributed by atoms with van der Waals surface area (Å²) >= 11 is 8.06. The van der Waals surface area contributed by atoms with Crippen molar-refractivity contribution in [2.75, 3.05) is 0 Å². The highest BCUT2D eigenvalue weighted by Crippen LogP contribution is 2.29. The standard InChI is InChI=1S/C16H8ClF2N5O2S2/c17-9-1-7(18)2-10(19)8(9)5-27-16-23-14-13(28-6-22-14)15(26)24(16)11-3-21-12(25)4-20-11/h1-4,6H,5H2,(H,21,25). The lowest BCUT2D eigenvalue weighted by atomic mass is 10.2. The first-order chi connectivity index (χ1) is 13.4. The quantitative estimate of drug-likeness (QED) is 0.388. The molecule has 0 aliphatic carbocycles. The summed E-state index contributed by atoms with van der Waals surface area (Å²) in [7, 11) is 0. The van der Waals surface area contributed by atoms with Gasteiger partial charge in [0.1, 0.15) is 16.3 Å². The number of thiazole rings is 1. The van der Waals surface area contributed by atoms with Crippen molar-refractivity contribution >= 4 is 45.0 Å². The van der Waals surface area contributed by atoms with Crippen LogP contribution in [0, 0.1) is 11.6 Å². The van der Waals surface area contributed by atoms with E-state index in [1.54, 1.807) is 0 Å². The zero-order valence-electron chi connectivity index (χ0n) is 13.6. The van der Waals surface area contributed by atoms with Gasteiger partial charge in [-0.3, -0.25) is 9.59 Å². The number of halogens is 3. The van der Waals surface area contributed by atoms with Crippen LogP contribution in [0.15, 0.2) is 44.8 Å². The Kier molecular flexibility index (Phi) is 4.96. The molecule has 1 N–H and O–H groups in total. The second-order valence-corrected chi connectivity index (χ2v) is 7.65. The van der Waals surface area contributed by atoms with E-state index in [1.807, 2.05) is 0 Å². The van der Waals surface area contributed by atoms with Gasteiger partial charge in [-0.1, -0.05) is 23.4 Å². The third kappa shape index (κ3) is 3.43. The molecule has 4 aromatic rings. The van der Waals surface area contributed by atoms with Crippen LogP contribution in [0.25, 0.3) is 16.2 Å². The normalized spacial score (nSPS) is 11.2. The van der Waals surface area contributed by atoms with Gasteiger partial charge in [0.25, 0.3) is 11.1 Å². The number of nitrogens with one attached hydrogen (secondary N) is 1. The summed E-state index contributed by atoms with van der Waals surface area (Å²) in [5, 5.41) is 0.0959. The third-order valence-electron chi connectivity index (χ3n) is 3.68. The fourth-order valence-electron chi connectivity index (χ4n) is 2.40. The largest absolute Gasteiger partial charge is 0.324 e. The number of H-pyrrole nitrogens is 1. The van der Waals surface area contributed by atoms with Gasteiger partial charge in [0.2, 0.25) is 0 Å². The van der Waals surface area contributed by atoms with Crippen molar-refractivity contribution in [3.8, 4) is 5.82 Å². The maximum absolute atomic E-state index is 14.1. The number of hydrogen-bond donors (Lipinski definition) is 1. The van der Waals surface area contributed by atoms with Gasteiger partial charge in [-0.05, 0) is 6.07 Å². The summed E-state index contributed by atoms with van der Waals surface area (Å²) in [5.74, 6) is -1.47. The van der Waals surface area contributed by atoms with Crippen molar-refractivity contribution < 1.29 is 8.78 Å². The van der Waals surface area contributed by atoms with Crippen molar-refractivity contribution in [2.45, 2.75) is 10.9 Å². The molecule has 3 heterocycles. The van der Waals surface area contributed by atoms with Crippen LogP contribution in [0.5, 0.6) is 0 Å². The van der Waals surface area contributed by atoms with E-state index in [-0.39, 0.29) is 33.0 Å². The minimum Gasteiger partial charge on any atom is -0.324 e. The lowest BCUT2D eigenvalue weighted by Gasteiger charge is -2.11. The highest BCUT2D eigenvalue weighted by molar-refractivity contribution is 7.98. The number of aromatic nitrogens is 5. The first-order valence-corrected chi connectivity index (χ1v) is 9.86. The van der Waals surface area contributed by atoms with Gasteiger partial charge in [0.15, 0.2) is 16.6 Å². The maximum atomic E-state index is 14.1. The van der Waals surface area contributed by atoms with Crippen LogP contribution < -0.4 is 11.1 Å². The van der Waals surface area contributed by atoms with Crippen molar-refractivity contribution in [1.29, 1.82) is 0 Å². The number of nitrogens with zero attached hydrogens (tertiary/aromatic N) is 4. The van der Waals surface area contributed by atoms with Gasteiger partial charge in [-0.15, -0.1) is 11.3 Å². The summed E-state index contributed by atoms with van der Waals surface area (Å²) in [6, 6.07) is 1.74. The van der Waals surface area contributed by atoms with Crippen LogP contribution in [-0.4, -0.2) is 24.5 Å². The van der Waals surface area contributed by atoms with E-state index in [0.717, 1.165) is 41.4 Å². The minimum absolute atomic E-state index is 0.0175. The molecule has 142 valence electrons. The van der Waals surface area contributed by atoms with Gasteiger partial charge in [0, 0.05) is 23.6 Å². The Bertz CT molecular complexity index is 1280. The molecule has 0 unspecified atom stereocenters. The summed E-state index contributed by atoms with van der Waals surface area (Å²) in [6.45, 7) is 0. The summed E-state index contributed by atoms with van der Waals surface area (Å²) in [5.41, 5.74) is 0.929. The second-order valence-electron chi connectivity index (χ2n) is 5.45. The van der Waals surface area contributed by atoms with Crippen LogP contribution in [0.2, 0.25) is 5.02 Å². The zero-order valence-corrected chi connectivity index (χ0v) is 16.0. The number of thioether (sulfide) groups is 1. The van der Waals surface area contributed by atoms with E-state index >= 15 is 0 Å². The molecule has 7 nitrogen and oxygen atoms in total. The molecule has 0 saturated heterocycles. The number of fused-ring (bicyclic) bond motifs is 1. The molecule has 12 heteroatoms. The fraction of sp³-hybridized carbons (Fsp3) is 0.0625. The Morgan fingerprint density at radius 2 is 2.07 bits per heavy atom. The van der Waals surface area contributed by atoms with Crippen LogP contribution in [0.4, 0.5) is 8.78 Å². The Morgan fingerprint density at radius 1 is 1.25 bits per heavy atom. The molecule has 0 saturated carbocycles. The molecule has 1 aromatic carbocycles. The molecule has 0 aliphatic rings. The predicted molar refractivity (Wildman–Crippen MR) is 102 cm³/mol. The van der Waals surface area contributed by atoms with E-state index in [4.69, 9.17) is 11.6 Å². The highest BCUT2D eigenvalue weighted by atomic mass is 35.5.